The molecule has 24 heavy (non-hydrogen) atoms. The average Bonchev–Trinajstić information content (AvgIpc) is 3.17. The molecule has 0 aliphatic heterocycles. The predicted molar refractivity (Wildman–Crippen MR) is 83.9 cm³/mol. The Morgan fingerprint density at radius 3 is 2.71 bits per heavy atom. The molecule has 0 amide bonds. The van der Waals surface area contributed by atoms with Crippen molar-refractivity contribution in [3.63, 3.8) is 0 Å². The van der Waals surface area contributed by atoms with Gasteiger partial charge in [-0.2, -0.15) is 0 Å². The van der Waals surface area contributed by atoms with Gasteiger partial charge in [0.15, 0.2) is 11.2 Å². The summed E-state index contributed by atoms with van der Waals surface area (Å²) in [5.74, 6) is -0.0112. The number of aromatic nitrogens is 4. The number of rotatable bonds is 4. The maximum Gasteiger partial charge on any atom is 0.341 e. The average molecular weight is 332 g/mol. The molecular weight excluding hydrogens is 316 g/mol. The summed E-state index contributed by atoms with van der Waals surface area (Å²) in [6.07, 6.45) is 2.86. The highest BCUT2D eigenvalue weighted by Gasteiger charge is 2.16. The SMILES string of the molecule is Cc1occc1C(=O)OCCn1cnc2c1c(=O)n(C)c(=O)n2C. The zero-order chi connectivity index (χ0) is 17.4. The minimum absolute atomic E-state index is 0.0565. The highest BCUT2D eigenvalue weighted by Crippen LogP contribution is 2.10. The number of hydrogen-bond acceptors (Lipinski definition) is 6. The van der Waals surface area contributed by atoms with E-state index in [1.165, 1.54) is 30.3 Å². The first-order valence-electron chi connectivity index (χ1n) is 7.24. The number of fused-ring (bicyclic) bond motifs is 1. The van der Waals surface area contributed by atoms with Gasteiger partial charge in [-0.3, -0.25) is 13.9 Å². The van der Waals surface area contributed by atoms with Gasteiger partial charge in [0, 0.05) is 14.1 Å². The predicted octanol–water partition coefficient (Wildman–Crippen LogP) is 0.192. The van der Waals surface area contributed by atoms with Gasteiger partial charge >= 0.3 is 11.7 Å². The molecule has 0 atom stereocenters. The summed E-state index contributed by atoms with van der Waals surface area (Å²) in [4.78, 5) is 40.2. The van der Waals surface area contributed by atoms with Crippen LogP contribution >= 0.6 is 0 Å². The largest absolute Gasteiger partial charge is 0.469 e. The monoisotopic (exact) mass is 332 g/mol. The van der Waals surface area contributed by atoms with Crippen LogP contribution in [0.5, 0.6) is 0 Å². The molecule has 0 saturated heterocycles. The highest BCUT2D eigenvalue weighted by molar-refractivity contribution is 5.90. The van der Waals surface area contributed by atoms with Crippen LogP contribution in [0.15, 0.2) is 32.7 Å². The maximum atomic E-state index is 12.3. The summed E-state index contributed by atoms with van der Waals surface area (Å²) in [6, 6.07) is 1.54. The minimum atomic E-state index is -0.494. The Hall–Kier alpha value is -3.10. The molecule has 9 heteroatoms. The van der Waals surface area contributed by atoms with Gasteiger partial charge in [0.2, 0.25) is 0 Å². The number of imidazole rings is 1. The van der Waals surface area contributed by atoms with E-state index in [4.69, 9.17) is 9.15 Å². The fraction of sp³-hybridized carbons (Fsp3) is 0.333. The van der Waals surface area contributed by atoms with Crippen molar-refractivity contribution in [1.82, 2.24) is 18.7 Å². The fourth-order valence-electron chi connectivity index (χ4n) is 2.48. The number of furan rings is 1. The van der Waals surface area contributed by atoms with Crippen molar-refractivity contribution in [3.8, 4) is 0 Å². The van der Waals surface area contributed by atoms with E-state index in [0.717, 1.165) is 4.57 Å². The van der Waals surface area contributed by atoms with Crippen molar-refractivity contribution >= 4 is 17.1 Å². The van der Waals surface area contributed by atoms with Crippen molar-refractivity contribution in [2.24, 2.45) is 14.1 Å². The standard InChI is InChI=1S/C15H16N4O5/c1-9-10(4-6-23-9)14(21)24-7-5-19-8-16-12-11(19)13(20)18(3)15(22)17(12)2/h4,6,8H,5,7H2,1-3H3. The van der Waals surface area contributed by atoms with E-state index >= 15 is 0 Å². The molecule has 126 valence electrons. The topological polar surface area (TPSA) is 101 Å². The van der Waals surface area contributed by atoms with Crippen molar-refractivity contribution in [2.45, 2.75) is 13.5 Å². The molecule has 0 saturated carbocycles. The molecule has 3 aromatic rings. The summed E-state index contributed by atoms with van der Waals surface area (Å²) in [5, 5.41) is 0. The van der Waals surface area contributed by atoms with E-state index in [-0.39, 0.29) is 18.7 Å². The molecule has 0 radical (unpaired) electrons. The fourth-order valence-corrected chi connectivity index (χ4v) is 2.48. The van der Waals surface area contributed by atoms with E-state index in [1.54, 1.807) is 18.5 Å². The molecule has 0 bridgehead atoms. The Kier molecular flexibility index (Phi) is 3.84. The number of esters is 1. The summed E-state index contributed by atoms with van der Waals surface area (Å²) in [6.45, 7) is 1.97. The molecule has 9 nitrogen and oxygen atoms in total. The number of carbonyl (C=O) groups excluding carboxylic acids is 1. The van der Waals surface area contributed by atoms with Crippen LogP contribution in [-0.4, -0.2) is 31.3 Å². The van der Waals surface area contributed by atoms with Crippen LogP contribution in [0.2, 0.25) is 0 Å². The molecular formula is C15H16N4O5. The third-order valence-electron chi connectivity index (χ3n) is 3.86. The Labute approximate surface area is 135 Å². The second kappa shape index (κ2) is 5.84. The van der Waals surface area contributed by atoms with Gasteiger partial charge in [0.05, 0.1) is 19.1 Å². The smallest absolute Gasteiger partial charge is 0.341 e. The lowest BCUT2D eigenvalue weighted by atomic mass is 10.3. The Morgan fingerprint density at radius 2 is 2.04 bits per heavy atom. The molecule has 0 N–H and O–H groups in total. The molecule has 0 aromatic carbocycles. The van der Waals surface area contributed by atoms with Gasteiger partial charge in [0.1, 0.15) is 17.9 Å². The van der Waals surface area contributed by atoms with Crippen LogP contribution < -0.4 is 11.2 Å². The molecule has 0 aliphatic carbocycles. The van der Waals surface area contributed by atoms with Crippen LogP contribution in [0.1, 0.15) is 16.1 Å². The minimum Gasteiger partial charge on any atom is -0.469 e. The quantitative estimate of drug-likeness (QED) is 0.632. The number of carbonyl (C=O) groups is 1. The third kappa shape index (κ3) is 2.43. The first-order valence-corrected chi connectivity index (χ1v) is 7.24. The molecule has 0 spiro atoms. The van der Waals surface area contributed by atoms with E-state index in [2.05, 4.69) is 4.98 Å². The number of nitrogens with zero attached hydrogens (tertiary/aromatic N) is 4. The summed E-state index contributed by atoms with van der Waals surface area (Å²) in [5.41, 5.74) is 0.0567. The lowest BCUT2D eigenvalue weighted by Crippen LogP contribution is -2.37. The third-order valence-corrected chi connectivity index (χ3v) is 3.86. The molecule has 3 aromatic heterocycles. The van der Waals surface area contributed by atoms with Crippen LogP contribution in [0.25, 0.3) is 11.2 Å². The van der Waals surface area contributed by atoms with Crippen molar-refractivity contribution in [2.75, 3.05) is 6.61 Å². The van der Waals surface area contributed by atoms with E-state index in [9.17, 15) is 14.4 Å². The molecule has 3 rings (SSSR count). The zero-order valence-corrected chi connectivity index (χ0v) is 13.5. The summed E-state index contributed by atoms with van der Waals surface area (Å²) >= 11 is 0. The van der Waals surface area contributed by atoms with E-state index in [1.807, 2.05) is 0 Å². The Morgan fingerprint density at radius 1 is 1.29 bits per heavy atom. The molecule has 3 heterocycles. The maximum absolute atomic E-state index is 12.3. The van der Waals surface area contributed by atoms with Gasteiger partial charge in [-0.25, -0.2) is 14.6 Å². The molecule has 0 unspecified atom stereocenters. The normalized spacial score (nSPS) is 11.1. The summed E-state index contributed by atoms with van der Waals surface area (Å²) in [7, 11) is 2.95. The number of hydrogen-bond donors (Lipinski definition) is 0. The lowest BCUT2D eigenvalue weighted by Gasteiger charge is -2.07. The summed E-state index contributed by atoms with van der Waals surface area (Å²) < 4.78 is 14.1. The van der Waals surface area contributed by atoms with Gasteiger partial charge in [-0.1, -0.05) is 0 Å². The van der Waals surface area contributed by atoms with Gasteiger partial charge in [0.25, 0.3) is 5.56 Å². The van der Waals surface area contributed by atoms with Crippen molar-refractivity contribution in [1.29, 1.82) is 0 Å². The zero-order valence-electron chi connectivity index (χ0n) is 13.5. The lowest BCUT2D eigenvalue weighted by molar-refractivity contribution is 0.0490. The Bertz CT molecular complexity index is 1040. The second-order valence-corrected chi connectivity index (χ2v) is 5.34. The second-order valence-electron chi connectivity index (χ2n) is 5.34. The number of aryl methyl sites for hydroxylation is 2. The van der Waals surface area contributed by atoms with Crippen LogP contribution in [0.3, 0.4) is 0 Å². The molecule has 0 fully saturated rings. The van der Waals surface area contributed by atoms with E-state index in [0.29, 0.717) is 17.0 Å². The van der Waals surface area contributed by atoms with Crippen LogP contribution in [0.4, 0.5) is 0 Å². The highest BCUT2D eigenvalue weighted by atomic mass is 16.5. The van der Waals surface area contributed by atoms with Gasteiger partial charge < -0.3 is 13.7 Å². The van der Waals surface area contributed by atoms with Crippen LogP contribution in [-0.2, 0) is 25.4 Å². The van der Waals surface area contributed by atoms with Gasteiger partial charge in [-0.15, -0.1) is 0 Å². The van der Waals surface area contributed by atoms with Gasteiger partial charge in [-0.05, 0) is 13.0 Å². The number of ether oxygens (including phenoxy) is 1. The first-order chi connectivity index (χ1) is 11.4. The van der Waals surface area contributed by atoms with Crippen molar-refractivity contribution < 1.29 is 13.9 Å². The molecule has 0 aliphatic rings. The van der Waals surface area contributed by atoms with Crippen LogP contribution in [0, 0.1) is 6.92 Å². The van der Waals surface area contributed by atoms with E-state index < -0.39 is 17.2 Å². The van der Waals surface area contributed by atoms with Crippen molar-refractivity contribution in [3.05, 3.63) is 50.8 Å². The first kappa shape index (κ1) is 15.8. The Balaban J connectivity index is 1.82.